The molecule has 4 rings (SSSR count). The lowest BCUT2D eigenvalue weighted by atomic mass is 10.1. The number of benzene rings is 2. The van der Waals surface area contributed by atoms with Crippen LogP contribution in [0.25, 0.3) is 11.4 Å². The van der Waals surface area contributed by atoms with Crippen LogP contribution in [0, 0.1) is 0 Å². The van der Waals surface area contributed by atoms with Crippen LogP contribution in [0.2, 0.25) is 0 Å². The molecule has 0 fully saturated rings. The van der Waals surface area contributed by atoms with Gasteiger partial charge < -0.3 is 14.2 Å². The van der Waals surface area contributed by atoms with Crippen molar-refractivity contribution in [2.45, 2.75) is 11.6 Å². The number of Topliss-reactive ketones (excluding diaryl/α,β-unsaturated/α-hetero) is 1. The summed E-state index contributed by atoms with van der Waals surface area (Å²) in [4.78, 5) is 17.0. The maximum atomic E-state index is 12.5. The smallest absolute Gasteiger partial charge is 0.209 e. The molecule has 0 saturated heterocycles. The Hall–Kier alpha value is -3.00. The van der Waals surface area contributed by atoms with Gasteiger partial charge in [0.05, 0.1) is 32.1 Å². The summed E-state index contributed by atoms with van der Waals surface area (Å²) < 4.78 is 16.1. The predicted octanol–water partition coefficient (Wildman–Crippen LogP) is 3.40. The number of carbonyl (C=O) groups is 1. The van der Waals surface area contributed by atoms with Crippen LogP contribution in [0.5, 0.6) is 17.2 Å². The van der Waals surface area contributed by atoms with E-state index in [4.69, 9.17) is 14.2 Å². The Morgan fingerprint density at radius 2 is 2.11 bits per heavy atom. The van der Waals surface area contributed by atoms with Gasteiger partial charge in [-0.25, -0.2) is 4.98 Å². The Morgan fingerprint density at radius 3 is 2.93 bits per heavy atom. The molecule has 0 bridgehead atoms. The first-order chi connectivity index (χ1) is 13.7. The number of nitrogens with zero attached hydrogens (tertiary/aromatic N) is 2. The highest BCUT2D eigenvalue weighted by atomic mass is 32.2. The average Bonchev–Trinajstić information content (AvgIpc) is 3.40. The van der Waals surface area contributed by atoms with Crippen molar-refractivity contribution in [3.05, 3.63) is 47.5 Å². The zero-order valence-electron chi connectivity index (χ0n) is 15.5. The lowest BCUT2D eigenvalue weighted by Gasteiger charge is -2.07. The van der Waals surface area contributed by atoms with E-state index in [1.165, 1.54) is 11.8 Å². The summed E-state index contributed by atoms with van der Waals surface area (Å²) in [6.07, 6.45) is 0.845. The minimum atomic E-state index is 0.0353. The Morgan fingerprint density at radius 1 is 1.21 bits per heavy atom. The van der Waals surface area contributed by atoms with Crippen LogP contribution in [0.1, 0.15) is 15.9 Å². The second-order valence-corrected chi connectivity index (χ2v) is 7.11. The van der Waals surface area contributed by atoms with E-state index in [-0.39, 0.29) is 11.5 Å². The summed E-state index contributed by atoms with van der Waals surface area (Å²) in [6.45, 7) is 0.677. The third-order valence-corrected chi connectivity index (χ3v) is 5.32. The molecule has 28 heavy (non-hydrogen) atoms. The van der Waals surface area contributed by atoms with E-state index >= 15 is 0 Å². The third kappa shape index (κ3) is 3.68. The van der Waals surface area contributed by atoms with E-state index < -0.39 is 0 Å². The van der Waals surface area contributed by atoms with Crippen molar-refractivity contribution in [2.75, 3.05) is 26.6 Å². The van der Waals surface area contributed by atoms with Crippen molar-refractivity contribution in [2.24, 2.45) is 0 Å². The standard InChI is InChI=1S/C20H19N3O4S/c1-25-14-4-5-15(18(10-14)26-2)19-21-20(23-22-19)28-11-16(24)12-3-6-17-13(9-12)7-8-27-17/h3-6,9-10H,7-8,11H2,1-2H3,(H,21,22,23). The second kappa shape index (κ2) is 7.93. The maximum Gasteiger partial charge on any atom is 0.209 e. The van der Waals surface area contributed by atoms with Crippen LogP contribution in [-0.4, -0.2) is 47.5 Å². The first-order valence-corrected chi connectivity index (χ1v) is 9.73. The molecule has 1 aliphatic heterocycles. The minimum absolute atomic E-state index is 0.0353. The quantitative estimate of drug-likeness (QED) is 0.483. The topological polar surface area (TPSA) is 86.3 Å². The molecule has 0 atom stereocenters. The zero-order valence-corrected chi connectivity index (χ0v) is 16.3. The molecule has 0 aliphatic carbocycles. The number of H-pyrrole nitrogens is 1. The number of hydrogen-bond donors (Lipinski definition) is 1. The van der Waals surface area contributed by atoms with E-state index in [0.717, 1.165) is 23.3 Å². The molecule has 7 nitrogen and oxygen atoms in total. The number of methoxy groups -OCH3 is 2. The number of ether oxygens (including phenoxy) is 3. The van der Waals surface area contributed by atoms with Gasteiger partial charge in [0.15, 0.2) is 11.6 Å². The summed E-state index contributed by atoms with van der Waals surface area (Å²) in [5.74, 6) is 3.06. The van der Waals surface area contributed by atoms with E-state index in [2.05, 4.69) is 15.2 Å². The van der Waals surface area contributed by atoms with Crippen molar-refractivity contribution in [3.63, 3.8) is 0 Å². The number of aromatic amines is 1. The van der Waals surface area contributed by atoms with Crippen LogP contribution in [0.3, 0.4) is 0 Å². The van der Waals surface area contributed by atoms with Crippen LogP contribution in [-0.2, 0) is 6.42 Å². The molecule has 0 saturated carbocycles. The highest BCUT2D eigenvalue weighted by molar-refractivity contribution is 7.99. The van der Waals surface area contributed by atoms with Crippen molar-refractivity contribution in [1.82, 2.24) is 15.2 Å². The van der Waals surface area contributed by atoms with E-state index in [1.54, 1.807) is 26.4 Å². The van der Waals surface area contributed by atoms with Crippen molar-refractivity contribution < 1.29 is 19.0 Å². The fraction of sp³-hybridized carbons (Fsp3) is 0.250. The number of hydrogen-bond acceptors (Lipinski definition) is 7. The Balaban J connectivity index is 1.45. The van der Waals surface area contributed by atoms with E-state index in [1.807, 2.05) is 24.3 Å². The molecular weight excluding hydrogens is 378 g/mol. The molecule has 1 aliphatic rings. The van der Waals surface area contributed by atoms with Gasteiger partial charge >= 0.3 is 0 Å². The molecule has 0 amide bonds. The van der Waals surface area contributed by atoms with Gasteiger partial charge in [0.1, 0.15) is 17.2 Å². The van der Waals surface area contributed by atoms with Crippen molar-refractivity contribution >= 4 is 17.5 Å². The van der Waals surface area contributed by atoms with E-state index in [9.17, 15) is 4.79 Å². The van der Waals surface area contributed by atoms with Gasteiger partial charge in [0.2, 0.25) is 5.16 Å². The third-order valence-electron chi connectivity index (χ3n) is 4.47. The number of rotatable bonds is 7. The van der Waals surface area contributed by atoms with Gasteiger partial charge in [-0.1, -0.05) is 11.8 Å². The first-order valence-electron chi connectivity index (χ1n) is 8.74. The van der Waals surface area contributed by atoms with Gasteiger partial charge in [-0.15, -0.1) is 5.10 Å². The van der Waals surface area contributed by atoms with E-state index in [0.29, 0.717) is 34.7 Å². The summed E-state index contributed by atoms with van der Waals surface area (Å²) in [5, 5.41) is 7.61. The summed E-state index contributed by atoms with van der Waals surface area (Å²) in [6, 6.07) is 11.0. The number of carbonyl (C=O) groups excluding carboxylic acids is 1. The van der Waals surface area contributed by atoms with Crippen LogP contribution < -0.4 is 14.2 Å². The lowest BCUT2D eigenvalue weighted by molar-refractivity contribution is 0.102. The molecular formula is C20H19N3O4S. The monoisotopic (exact) mass is 397 g/mol. The van der Waals surface area contributed by atoms with Crippen LogP contribution in [0.15, 0.2) is 41.6 Å². The number of ketones is 1. The van der Waals surface area contributed by atoms with Crippen molar-refractivity contribution in [1.29, 1.82) is 0 Å². The highest BCUT2D eigenvalue weighted by Crippen LogP contribution is 2.32. The molecule has 1 aromatic heterocycles. The van der Waals surface area contributed by atoms with Crippen LogP contribution in [0.4, 0.5) is 0 Å². The second-order valence-electron chi connectivity index (χ2n) is 6.17. The summed E-state index contributed by atoms with van der Waals surface area (Å²) in [7, 11) is 3.19. The highest BCUT2D eigenvalue weighted by Gasteiger charge is 2.17. The molecule has 2 aromatic carbocycles. The molecule has 3 aromatic rings. The number of thioether (sulfide) groups is 1. The molecule has 0 unspecified atom stereocenters. The van der Waals surface area contributed by atoms with Gasteiger partial charge in [0, 0.05) is 18.1 Å². The molecule has 8 heteroatoms. The van der Waals surface area contributed by atoms with Gasteiger partial charge in [-0.3, -0.25) is 9.89 Å². The van der Waals surface area contributed by atoms with Gasteiger partial charge in [0.25, 0.3) is 0 Å². The number of nitrogens with one attached hydrogen (secondary N) is 1. The zero-order chi connectivity index (χ0) is 19.5. The number of fused-ring (bicyclic) bond motifs is 1. The first kappa shape index (κ1) is 18.4. The Kier molecular flexibility index (Phi) is 5.21. The van der Waals surface area contributed by atoms with Crippen molar-refractivity contribution in [3.8, 4) is 28.6 Å². The molecule has 1 N–H and O–H groups in total. The molecule has 2 heterocycles. The fourth-order valence-electron chi connectivity index (χ4n) is 3.00. The van der Waals surface area contributed by atoms with Gasteiger partial charge in [-0.05, 0) is 35.9 Å². The fourth-order valence-corrected chi connectivity index (χ4v) is 3.69. The molecule has 0 radical (unpaired) electrons. The van der Waals surface area contributed by atoms with Gasteiger partial charge in [-0.2, -0.15) is 0 Å². The molecule has 144 valence electrons. The Labute approximate surface area is 166 Å². The van der Waals surface area contributed by atoms with Crippen LogP contribution >= 0.6 is 11.8 Å². The SMILES string of the molecule is COc1ccc(-c2nc(SCC(=O)c3ccc4c(c3)CCO4)n[nH]2)c(OC)c1. The maximum absolute atomic E-state index is 12.5. The summed E-state index contributed by atoms with van der Waals surface area (Å²) in [5.41, 5.74) is 2.54. The number of aromatic nitrogens is 3. The molecule has 0 spiro atoms. The minimum Gasteiger partial charge on any atom is -0.497 e. The summed E-state index contributed by atoms with van der Waals surface area (Å²) >= 11 is 1.29. The largest absolute Gasteiger partial charge is 0.497 e. The average molecular weight is 397 g/mol. The normalized spacial score (nSPS) is 12.4. The Bertz CT molecular complexity index is 1020. The predicted molar refractivity (Wildman–Crippen MR) is 106 cm³/mol. The lowest BCUT2D eigenvalue weighted by Crippen LogP contribution is -2.03.